The molecule has 1 heterocycles. The Morgan fingerprint density at radius 2 is 1.96 bits per heavy atom. The van der Waals surface area contributed by atoms with E-state index < -0.39 is 34.4 Å². The van der Waals surface area contributed by atoms with Gasteiger partial charge in [-0.3, -0.25) is 9.59 Å². The van der Waals surface area contributed by atoms with Gasteiger partial charge in [-0.25, -0.2) is 9.37 Å². The van der Waals surface area contributed by atoms with Crippen LogP contribution < -0.4 is 10.6 Å². The number of alkyl halides is 3. The zero-order valence-corrected chi connectivity index (χ0v) is 14.0. The van der Waals surface area contributed by atoms with Gasteiger partial charge in [0.25, 0.3) is 5.91 Å². The van der Waals surface area contributed by atoms with Crippen molar-refractivity contribution in [1.82, 2.24) is 15.6 Å². The topological polar surface area (TPSA) is 71.1 Å². The van der Waals surface area contributed by atoms with Crippen LogP contribution in [0.2, 0.25) is 0 Å². The molecule has 1 aromatic heterocycles. The maximum absolute atomic E-state index is 14.0. The molecular weight excluding hydrogens is 374 g/mol. The molecular formula is C16H13F4N3O2S. The van der Waals surface area contributed by atoms with Crippen LogP contribution >= 0.6 is 11.3 Å². The third kappa shape index (κ3) is 4.88. The first-order valence-electron chi connectivity index (χ1n) is 7.18. The van der Waals surface area contributed by atoms with E-state index in [9.17, 15) is 27.2 Å². The van der Waals surface area contributed by atoms with Crippen LogP contribution in [0.1, 0.15) is 26.5 Å². The summed E-state index contributed by atoms with van der Waals surface area (Å²) in [5, 5.41) is 4.69. The van der Waals surface area contributed by atoms with Gasteiger partial charge in [0.05, 0.1) is 5.51 Å². The Hall–Kier alpha value is -2.75. The molecule has 0 saturated carbocycles. The van der Waals surface area contributed by atoms with E-state index in [-0.39, 0.29) is 18.7 Å². The quantitative estimate of drug-likeness (QED) is 0.591. The number of rotatable bonds is 6. The molecule has 2 rings (SSSR count). The molecule has 0 atom stereocenters. The fraction of sp³-hybridized carbons (Fsp3) is 0.188. The van der Waals surface area contributed by atoms with Crippen LogP contribution in [0.15, 0.2) is 36.4 Å². The van der Waals surface area contributed by atoms with Crippen molar-refractivity contribution in [3.05, 3.63) is 63.9 Å². The fourth-order valence-corrected chi connectivity index (χ4v) is 2.63. The number of thiazole rings is 1. The predicted molar refractivity (Wildman–Crippen MR) is 86.7 cm³/mol. The fourth-order valence-electron chi connectivity index (χ4n) is 1.97. The molecule has 0 bridgehead atoms. The highest BCUT2D eigenvalue weighted by molar-refractivity contribution is 7.10. The Labute approximate surface area is 149 Å². The van der Waals surface area contributed by atoms with Gasteiger partial charge in [-0.1, -0.05) is 18.7 Å². The maximum atomic E-state index is 14.0. The zero-order chi connectivity index (χ0) is 19.3. The molecule has 2 amide bonds. The standard InChI is InChI=1S/C16H13F4N3O2S/c1-2-12(24)21-6-9-3-4-10(11(17)5-9)7-22-15(25)13-14(16(18,19)20)26-8-23-13/h2-5,8H,1,6-7H2,(H,21,24)(H,22,25). The Kier molecular flexibility index (Phi) is 6.09. The van der Waals surface area contributed by atoms with Gasteiger partial charge in [-0.15, -0.1) is 11.3 Å². The molecule has 0 saturated heterocycles. The molecule has 138 valence electrons. The van der Waals surface area contributed by atoms with Crippen molar-refractivity contribution < 1.29 is 27.2 Å². The lowest BCUT2D eigenvalue weighted by Gasteiger charge is -2.09. The molecule has 10 heteroatoms. The molecule has 2 aromatic rings. The number of halogens is 4. The Morgan fingerprint density at radius 3 is 2.58 bits per heavy atom. The number of benzene rings is 1. The SMILES string of the molecule is C=CC(=O)NCc1ccc(CNC(=O)c2ncsc2C(F)(F)F)c(F)c1. The number of nitrogens with zero attached hydrogens (tertiary/aromatic N) is 1. The van der Waals surface area contributed by atoms with E-state index in [0.29, 0.717) is 16.9 Å². The average Bonchev–Trinajstić information content (AvgIpc) is 3.08. The van der Waals surface area contributed by atoms with Gasteiger partial charge in [0.1, 0.15) is 10.7 Å². The third-order valence-electron chi connectivity index (χ3n) is 3.25. The Morgan fingerprint density at radius 1 is 1.23 bits per heavy atom. The Bertz CT molecular complexity index is 833. The smallest absolute Gasteiger partial charge is 0.348 e. The van der Waals surface area contributed by atoms with Gasteiger partial charge >= 0.3 is 6.18 Å². The zero-order valence-electron chi connectivity index (χ0n) is 13.2. The van der Waals surface area contributed by atoms with Crippen molar-refractivity contribution in [1.29, 1.82) is 0 Å². The summed E-state index contributed by atoms with van der Waals surface area (Å²) in [6.45, 7) is 3.07. The molecule has 0 unspecified atom stereocenters. The number of amides is 2. The predicted octanol–water partition coefficient (Wildman–Crippen LogP) is 3.03. The molecule has 26 heavy (non-hydrogen) atoms. The van der Waals surface area contributed by atoms with Gasteiger partial charge in [0.2, 0.25) is 5.91 Å². The van der Waals surface area contributed by atoms with Gasteiger partial charge in [-0.05, 0) is 17.7 Å². The molecule has 0 spiro atoms. The van der Waals surface area contributed by atoms with Crippen LogP contribution in [-0.4, -0.2) is 16.8 Å². The maximum Gasteiger partial charge on any atom is 0.427 e. The highest BCUT2D eigenvalue weighted by atomic mass is 32.1. The number of carbonyl (C=O) groups excluding carboxylic acids is 2. The van der Waals surface area contributed by atoms with E-state index in [1.807, 2.05) is 0 Å². The monoisotopic (exact) mass is 387 g/mol. The first-order chi connectivity index (χ1) is 12.2. The van der Waals surface area contributed by atoms with E-state index in [4.69, 9.17) is 0 Å². The average molecular weight is 387 g/mol. The molecule has 0 aliphatic rings. The lowest BCUT2D eigenvalue weighted by Crippen LogP contribution is -2.26. The number of hydrogen-bond acceptors (Lipinski definition) is 4. The summed E-state index contributed by atoms with van der Waals surface area (Å²) in [6.07, 6.45) is -3.61. The van der Waals surface area contributed by atoms with E-state index >= 15 is 0 Å². The first kappa shape index (κ1) is 19.6. The minimum atomic E-state index is -4.68. The molecule has 0 aliphatic carbocycles. The van der Waals surface area contributed by atoms with Crippen LogP contribution in [-0.2, 0) is 24.1 Å². The highest BCUT2D eigenvalue weighted by Crippen LogP contribution is 2.34. The summed E-state index contributed by atoms with van der Waals surface area (Å²) in [5.74, 6) is -2.12. The van der Waals surface area contributed by atoms with Gasteiger partial charge in [0, 0.05) is 18.7 Å². The van der Waals surface area contributed by atoms with Crippen LogP contribution in [0.25, 0.3) is 0 Å². The van der Waals surface area contributed by atoms with Crippen LogP contribution in [0.5, 0.6) is 0 Å². The van der Waals surface area contributed by atoms with Gasteiger partial charge in [-0.2, -0.15) is 13.2 Å². The van der Waals surface area contributed by atoms with Crippen molar-refractivity contribution in [2.75, 3.05) is 0 Å². The number of carbonyl (C=O) groups is 2. The lowest BCUT2D eigenvalue weighted by molar-refractivity contribution is -0.134. The van der Waals surface area contributed by atoms with Crippen molar-refractivity contribution >= 4 is 23.2 Å². The summed E-state index contributed by atoms with van der Waals surface area (Å²) in [4.78, 5) is 25.3. The molecule has 5 nitrogen and oxygen atoms in total. The summed E-state index contributed by atoms with van der Waals surface area (Å²) >= 11 is 0.309. The highest BCUT2D eigenvalue weighted by Gasteiger charge is 2.37. The minimum Gasteiger partial charge on any atom is -0.348 e. The van der Waals surface area contributed by atoms with Crippen LogP contribution in [0.4, 0.5) is 17.6 Å². The first-order valence-corrected chi connectivity index (χ1v) is 8.06. The summed E-state index contributed by atoms with van der Waals surface area (Å²) in [5.41, 5.74) is 0.740. The van der Waals surface area contributed by atoms with Crippen molar-refractivity contribution in [3.8, 4) is 0 Å². The van der Waals surface area contributed by atoms with Crippen molar-refractivity contribution in [2.24, 2.45) is 0 Å². The van der Waals surface area contributed by atoms with Crippen LogP contribution in [0, 0.1) is 5.82 Å². The van der Waals surface area contributed by atoms with Gasteiger partial charge < -0.3 is 10.6 Å². The summed E-state index contributed by atoms with van der Waals surface area (Å²) < 4.78 is 52.3. The lowest BCUT2D eigenvalue weighted by atomic mass is 10.1. The van der Waals surface area contributed by atoms with Gasteiger partial charge in [0.15, 0.2) is 5.69 Å². The Balaban J connectivity index is 2.01. The second-order valence-corrected chi connectivity index (χ2v) is 5.91. The third-order valence-corrected chi connectivity index (χ3v) is 4.12. The number of aromatic nitrogens is 1. The summed E-state index contributed by atoms with van der Waals surface area (Å²) in [7, 11) is 0. The van der Waals surface area contributed by atoms with Crippen LogP contribution in [0.3, 0.4) is 0 Å². The number of nitrogens with one attached hydrogen (secondary N) is 2. The molecule has 0 aliphatic heterocycles. The van der Waals surface area contributed by atoms with E-state index in [1.54, 1.807) is 0 Å². The number of hydrogen-bond donors (Lipinski definition) is 2. The molecule has 1 aromatic carbocycles. The van der Waals surface area contributed by atoms with E-state index in [2.05, 4.69) is 22.2 Å². The molecule has 0 fully saturated rings. The van der Waals surface area contributed by atoms with E-state index in [0.717, 1.165) is 17.7 Å². The second-order valence-electron chi connectivity index (χ2n) is 5.06. The summed E-state index contributed by atoms with van der Waals surface area (Å²) in [6, 6.07) is 4.06. The molecule has 2 N–H and O–H groups in total. The second kappa shape index (κ2) is 8.09. The normalized spacial score (nSPS) is 11.1. The molecule has 0 radical (unpaired) electrons. The largest absolute Gasteiger partial charge is 0.427 e. The van der Waals surface area contributed by atoms with Crippen molar-refractivity contribution in [3.63, 3.8) is 0 Å². The van der Waals surface area contributed by atoms with Crippen molar-refractivity contribution in [2.45, 2.75) is 19.3 Å². The van der Waals surface area contributed by atoms with E-state index in [1.165, 1.54) is 12.1 Å². The minimum absolute atomic E-state index is 0.0842.